The first-order valence-corrected chi connectivity index (χ1v) is 8.48. The number of thiophene rings is 1. The van der Waals surface area contributed by atoms with Crippen LogP contribution in [0.15, 0.2) is 0 Å². The van der Waals surface area contributed by atoms with Crippen LogP contribution in [-0.2, 0) is 4.74 Å². The van der Waals surface area contributed by atoms with Gasteiger partial charge in [0.1, 0.15) is 21.5 Å². The van der Waals surface area contributed by atoms with Gasteiger partial charge in [-0.1, -0.05) is 0 Å². The van der Waals surface area contributed by atoms with E-state index in [1.54, 1.807) is 6.92 Å². The zero-order chi connectivity index (χ0) is 14.5. The summed E-state index contributed by atoms with van der Waals surface area (Å²) in [6.07, 6.45) is 1.07. The van der Waals surface area contributed by atoms with Gasteiger partial charge in [0, 0.05) is 18.8 Å². The predicted octanol–water partition coefficient (Wildman–Crippen LogP) is 2.32. The van der Waals surface area contributed by atoms with E-state index in [1.165, 1.54) is 11.3 Å². The van der Waals surface area contributed by atoms with Crippen LogP contribution in [0.1, 0.15) is 28.6 Å². The van der Waals surface area contributed by atoms with Crippen molar-refractivity contribution in [2.45, 2.75) is 13.3 Å². The van der Waals surface area contributed by atoms with Gasteiger partial charge in [-0.2, -0.15) is 17.0 Å². The van der Waals surface area contributed by atoms with Crippen molar-refractivity contribution in [3.8, 4) is 6.07 Å². The Morgan fingerprint density at radius 1 is 1.50 bits per heavy atom. The second-order valence-corrected chi connectivity index (χ2v) is 6.53. The van der Waals surface area contributed by atoms with E-state index in [9.17, 15) is 10.1 Å². The third-order valence-corrected chi connectivity index (χ3v) is 5.30. The lowest BCUT2D eigenvalue weighted by Crippen LogP contribution is -2.25. The lowest BCUT2D eigenvalue weighted by Gasteiger charge is -2.20. The monoisotopic (exact) mass is 311 g/mol. The molecular formula is C13H17N3O2S2. The molecule has 7 heteroatoms. The summed E-state index contributed by atoms with van der Waals surface area (Å²) in [6, 6.07) is 2.13. The van der Waals surface area contributed by atoms with Crippen LogP contribution in [0.4, 0.5) is 10.7 Å². The first-order chi connectivity index (χ1) is 9.69. The van der Waals surface area contributed by atoms with Crippen LogP contribution in [0.2, 0.25) is 0 Å². The quantitative estimate of drug-likeness (QED) is 0.863. The minimum Gasteiger partial charge on any atom is -0.462 e. The van der Waals surface area contributed by atoms with Gasteiger partial charge in [-0.05, 0) is 19.1 Å². The zero-order valence-corrected chi connectivity index (χ0v) is 13.0. The molecule has 1 aromatic rings. The third kappa shape index (κ3) is 3.02. The number of carbonyl (C=O) groups is 1. The van der Waals surface area contributed by atoms with Crippen molar-refractivity contribution in [2.24, 2.45) is 0 Å². The van der Waals surface area contributed by atoms with E-state index in [-0.39, 0.29) is 5.69 Å². The number of ether oxygens (including phenoxy) is 1. The van der Waals surface area contributed by atoms with Crippen LogP contribution in [0.25, 0.3) is 0 Å². The summed E-state index contributed by atoms with van der Waals surface area (Å²) in [5.41, 5.74) is 6.61. The van der Waals surface area contributed by atoms with Gasteiger partial charge >= 0.3 is 5.97 Å². The predicted molar refractivity (Wildman–Crippen MR) is 83.6 cm³/mol. The molecule has 0 amide bonds. The molecule has 0 atom stereocenters. The highest BCUT2D eigenvalue weighted by molar-refractivity contribution is 7.99. The van der Waals surface area contributed by atoms with E-state index < -0.39 is 5.97 Å². The van der Waals surface area contributed by atoms with Crippen LogP contribution >= 0.6 is 23.1 Å². The summed E-state index contributed by atoms with van der Waals surface area (Å²) < 4.78 is 4.99. The summed E-state index contributed by atoms with van der Waals surface area (Å²) in [7, 11) is 0. The fraction of sp³-hybridized carbons (Fsp3) is 0.538. The van der Waals surface area contributed by atoms with E-state index in [0.29, 0.717) is 17.0 Å². The second-order valence-electron chi connectivity index (χ2n) is 4.31. The number of rotatable bonds is 3. The highest BCUT2D eigenvalue weighted by Gasteiger charge is 2.25. The molecule has 0 radical (unpaired) electrons. The average molecular weight is 311 g/mol. The maximum Gasteiger partial charge on any atom is 0.350 e. The molecule has 0 aromatic carbocycles. The fourth-order valence-corrected chi connectivity index (χ4v) is 4.06. The number of thioether (sulfide) groups is 1. The number of anilines is 2. The van der Waals surface area contributed by atoms with Crippen molar-refractivity contribution in [1.29, 1.82) is 5.26 Å². The van der Waals surface area contributed by atoms with Gasteiger partial charge in [-0.3, -0.25) is 0 Å². The van der Waals surface area contributed by atoms with Gasteiger partial charge in [0.25, 0.3) is 0 Å². The normalized spacial score (nSPS) is 15.5. The van der Waals surface area contributed by atoms with Gasteiger partial charge in [-0.25, -0.2) is 4.79 Å². The summed E-state index contributed by atoms with van der Waals surface area (Å²) >= 11 is 3.18. The fourth-order valence-electron chi connectivity index (χ4n) is 2.06. The van der Waals surface area contributed by atoms with E-state index in [4.69, 9.17) is 10.5 Å². The molecule has 2 N–H and O–H groups in total. The summed E-state index contributed by atoms with van der Waals surface area (Å²) in [5, 5.41) is 10.1. The molecular weight excluding hydrogens is 294 g/mol. The number of esters is 1. The number of hydrogen-bond donors (Lipinski definition) is 1. The maximum atomic E-state index is 11.9. The van der Waals surface area contributed by atoms with Crippen LogP contribution in [0.5, 0.6) is 0 Å². The topological polar surface area (TPSA) is 79.3 Å². The van der Waals surface area contributed by atoms with Gasteiger partial charge in [0.2, 0.25) is 0 Å². The van der Waals surface area contributed by atoms with Crippen molar-refractivity contribution < 1.29 is 9.53 Å². The lowest BCUT2D eigenvalue weighted by atomic mass is 10.2. The molecule has 0 spiro atoms. The third-order valence-electron chi connectivity index (χ3n) is 3.01. The minimum atomic E-state index is -0.443. The lowest BCUT2D eigenvalue weighted by molar-refractivity contribution is 0.0533. The number of nitrogens with zero attached hydrogens (tertiary/aromatic N) is 2. The molecule has 0 aliphatic carbocycles. The second kappa shape index (κ2) is 6.86. The molecule has 0 saturated carbocycles. The van der Waals surface area contributed by atoms with Crippen LogP contribution in [0.3, 0.4) is 0 Å². The van der Waals surface area contributed by atoms with E-state index in [2.05, 4.69) is 11.0 Å². The number of nitriles is 1. The molecule has 1 saturated heterocycles. The molecule has 2 heterocycles. The Morgan fingerprint density at radius 3 is 3.00 bits per heavy atom. The molecule has 1 aliphatic heterocycles. The molecule has 1 aliphatic rings. The molecule has 1 aromatic heterocycles. The molecule has 2 rings (SSSR count). The average Bonchev–Trinajstić information content (AvgIpc) is 2.63. The van der Waals surface area contributed by atoms with Crippen LogP contribution in [0, 0.1) is 11.3 Å². The summed E-state index contributed by atoms with van der Waals surface area (Å²) in [4.78, 5) is 14.4. The smallest absolute Gasteiger partial charge is 0.350 e. The largest absolute Gasteiger partial charge is 0.462 e. The first-order valence-electron chi connectivity index (χ1n) is 6.51. The van der Waals surface area contributed by atoms with Crippen molar-refractivity contribution in [1.82, 2.24) is 0 Å². The van der Waals surface area contributed by atoms with E-state index in [1.807, 2.05) is 11.8 Å². The van der Waals surface area contributed by atoms with Crippen molar-refractivity contribution >= 4 is 39.8 Å². The number of carbonyl (C=O) groups excluding carboxylic acids is 1. The Morgan fingerprint density at radius 2 is 2.30 bits per heavy atom. The number of nitrogens with two attached hydrogens (primary N) is 1. The standard InChI is InChI=1S/C13H17N3O2S2/c1-2-18-13(17)11-10(15)9(8-14)12(20-11)16-4-3-6-19-7-5-16/h2-7,15H2,1H3. The highest BCUT2D eigenvalue weighted by Crippen LogP contribution is 2.38. The molecule has 0 bridgehead atoms. The Bertz CT molecular complexity index is 528. The SMILES string of the molecule is CCOC(=O)c1sc(N2CCCSCC2)c(C#N)c1N. The van der Waals surface area contributed by atoms with Gasteiger partial charge in [0.05, 0.1) is 12.3 Å². The van der Waals surface area contributed by atoms with Crippen LogP contribution < -0.4 is 10.6 Å². The van der Waals surface area contributed by atoms with Gasteiger partial charge in [-0.15, -0.1) is 11.3 Å². The van der Waals surface area contributed by atoms with Crippen molar-refractivity contribution in [3.63, 3.8) is 0 Å². The molecule has 20 heavy (non-hydrogen) atoms. The minimum absolute atomic E-state index is 0.253. The number of nitrogen functional groups attached to an aromatic ring is 1. The summed E-state index contributed by atoms with van der Waals surface area (Å²) in [6.45, 7) is 3.82. The van der Waals surface area contributed by atoms with Crippen molar-refractivity contribution in [3.05, 3.63) is 10.4 Å². The maximum absolute atomic E-state index is 11.9. The van der Waals surface area contributed by atoms with Gasteiger partial charge < -0.3 is 15.4 Å². The Balaban J connectivity index is 2.35. The van der Waals surface area contributed by atoms with E-state index in [0.717, 1.165) is 36.0 Å². The number of hydrogen-bond acceptors (Lipinski definition) is 7. The van der Waals surface area contributed by atoms with Gasteiger partial charge in [0.15, 0.2) is 0 Å². The Kier molecular flexibility index (Phi) is 5.15. The van der Waals surface area contributed by atoms with Crippen molar-refractivity contribution in [2.75, 3.05) is 41.8 Å². The molecule has 108 valence electrons. The Hall–Kier alpha value is -1.39. The first kappa shape index (κ1) is 15.0. The molecule has 0 unspecified atom stereocenters. The highest BCUT2D eigenvalue weighted by atomic mass is 32.2. The summed E-state index contributed by atoms with van der Waals surface area (Å²) in [5.74, 6) is 1.71. The zero-order valence-electron chi connectivity index (χ0n) is 11.3. The molecule has 1 fully saturated rings. The van der Waals surface area contributed by atoms with E-state index >= 15 is 0 Å². The van der Waals surface area contributed by atoms with Crippen LogP contribution in [-0.4, -0.2) is 37.2 Å². The molecule has 5 nitrogen and oxygen atoms in total. The Labute approximate surface area is 126 Å².